The number of carbonyl (C=O) groups is 1. The Bertz CT molecular complexity index is 518. The second-order valence-electron chi connectivity index (χ2n) is 3.36. The quantitative estimate of drug-likeness (QED) is 0.352. The number of esters is 1. The van der Waals surface area contributed by atoms with Gasteiger partial charge in [0.1, 0.15) is 0 Å². The Morgan fingerprint density at radius 1 is 1.56 bits per heavy atom. The minimum absolute atomic E-state index is 0.0617. The van der Waals surface area contributed by atoms with E-state index in [1.165, 1.54) is 25.3 Å². The number of rotatable bonds is 4. The second-order valence-corrected chi connectivity index (χ2v) is 3.36. The fourth-order valence-corrected chi connectivity index (χ4v) is 1.23. The van der Waals surface area contributed by atoms with Gasteiger partial charge in [0, 0.05) is 12.1 Å². The van der Waals surface area contributed by atoms with Crippen molar-refractivity contribution in [1.82, 2.24) is 0 Å². The number of methoxy groups -OCH3 is 1. The van der Waals surface area contributed by atoms with E-state index in [4.69, 9.17) is 11.2 Å². The zero-order chi connectivity index (χ0) is 13.7. The monoisotopic (exact) mass is 249 g/mol. The predicted octanol–water partition coefficient (Wildman–Crippen LogP) is 1.78. The van der Waals surface area contributed by atoms with Gasteiger partial charge in [0.2, 0.25) is 0 Å². The van der Waals surface area contributed by atoms with Gasteiger partial charge in [0.05, 0.1) is 17.6 Å². The summed E-state index contributed by atoms with van der Waals surface area (Å²) in [5, 5.41) is 10.8. The average Bonchev–Trinajstić information content (AvgIpc) is 2.37. The van der Waals surface area contributed by atoms with Crippen molar-refractivity contribution in [2.75, 3.05) is 7.11 Å². The SMILES string of the molecule is C#CC(C)Oc1cc(C(=O)OC)ccc1[N+](=O)[O-]. The lowest BCUT2D eigenvalue weighted by Crippen LogP contribution is -2.11. The minimum atomic E-state index is -0.642. The molecule has 0 N–H and O–H groups in total. The molecule has 0 aliphatic carbocycles. The van der Waals surface area contributed by atoms with Crippen LogP contribution < -0.4 is 4.74 Å². The molecule has 1 rings (SSSR count). The maximum Gasteiger partial charge on any atom is 0.337 e. The van der Waals surface area contributed by atoms with E-state index in [1.807, 2.05) is 0 Å². The Hall–Kier alpha value is -2.55. The van der Waals surface area contributed by atoms with Crippen LogP contribution in [0.4, 0.5) is 5.69 Å². The summed E-state index contributed by atoms with van der Waals surface area (Å²) in [6.45, 7) is 1.56. The molecule has 0 aromatic heterocycles. The van der Waals surface area contributed by atoms with E-state index < -0.39 is 17.0 Å². The highest BCUT2D eigenvalue weighted by Crippen LogP contribution is 2.29. The fourth-order valence-electron chi connectivity index (χ4n) is 1.23. The van der Waals surface area contributed by atoms with Crippen molar-refractivity contribution in [1.29, 1.82) is 0 Å². The van der Waals surface area contributed by atoms with Crippen LogP contribution in [0.25, 0.3) is 0 Å². The number of hydrogen-bond acceptors (Lipinski definition) is 5. The van der Waals surface area contributed by atoms with Crippen molar-refractivity contribution in [2.45, 2.75) is 13.0 Å². The first-order valence-electron chi connectivity index (χ1n) is 4.99. The Kier molecular flexibility index (Phi) is 4.27. The smallest absolute Gasteiger partial charge is 0.337 e. The van der Waals surface area contributed by atoms with Crippen molar-refractivity contribution >= 4 is 11.7 Å². The summed E-state index contributed by atoms with van der Waals surface area (Å²) in [7, 11) is 1.22. The van der Waals surface area contributed by atoms with E-state index in [9.17, 15) is 14.9 Å². The van der Waals surface area contributed by atoms with Gasteiger partial charge < -0.3 is 9.47 Å². The average molecular weight is 249 g/mol. The molecule has 1 aromatic carbocycles. The Balaban J connectivity index is 3.20. The fraction of sp³-hybridized carbons (Fsp3) is 0.250. The van der Waals surface area contributed by atoms with Gasteiger partial charge in [-0.05, 0) is 13.0 Å². The summed E-state index contributed by atoms with van der Waals surface area (Å²) >= 11 is 0. The number of carbonyl (C=O) groups excluding carboxylic acids is 1. The molecule has 18 heavy (non-hydrogen) atoms. The molecule has 0 fully saturated rings. The largest absolute Gasteiger partial charge is 0.471 e. The summed E-state index contributed by atoms with van der Waals surface area (Å²) in [5.74, 6) is 1.61. The normalized spacial score (nSPS) is 11.2. The van der Waals surface area contributed by atoms with Gasteiger partial charge >= 0.3 is 11.7 Å². The molecule has 0 amide bonds. The van der Waals surface area contributed by atoms with Crippen molar-refractivity contribution in [3.05, 3.63) is 33.9 Å². The topological polar surface area (TPSA) is 78.7 Å². The maximum atomic E-state index is 11.3. The lowest BCUT2D eigenvalue weighted by molar-refractivity contribution is -0.386. The highest BCUT2D eigenvalue weighted by atomic mass is 16.6. The molecule has 0 saturated carbocycles. The van der Waals surface area contributed by atoms with Gasteiger partial charge in [0.15, 0.2) is 11.9 Å². The zero-order valence-corrected chi connectivity index (χ0v) is 9.88. The Morgan fingerprint density at radius 2 is 2.22 bits per heavy atom. The zero-order valence-electron chi connectivity index (χ0n) is 9.88. The first-order valence-corrected chi connectivity index (χ1v) is 4.99. The van der Waals surface area contributed by atoms with Crippen LogP contribution in [0, 0.1) is 22.5 Å². The lowest BCUT2D eigenvalue weighted by atomic mass is 10.2. The minimum Gasteiger partial charge on any atom is -0.471 e. The van der Waals surface area contributed by atoms with Crippen LogP contribution in [0.15, 0.2) is 18.2 Å². The van der Waals surface area contributed by atoms with E-state index >= 15 is 0 Å². The molecule has 1 aromatic rings. The molecule has 0 radical (unpaired) electrons. The van der Waals surface area contributed by atoms with Gasteiger partial charge in [-0.1, -0.05) is 5.92 Å². The summed E-state index contributed by atoms with van der Waals surface area (Å²) in [6, 6.07) is 3.69. The van der Waals surface area contributed by atoms with Crippen LogP contribution in [-0.4, -0.2) is 24.1 Å². The molecule has 0 saturated heterocycles. The molecule has 6 heteroatoms. The van der Waals surface area contributed by atoms with Crippen molar-refractivity contribution in [3.63, 3.8) is 0 Å². The Morgan fingerprint density at radius 3 is 2.72 bits per heavy atom. The first kappa shape index (κ1) is 13.5. The number of benzene rings is 1. The summed E-state index contributed by atoms with van der Waals surface area (Å²) in [5.41, 5.74) is -0.105. The number of nitrogens with zero attached hydrogens (tertiary/aromatic N) is 1. The van der Waals surface area contributed by atoms with E-state index in [0.717, 1.165) is 0 Å². The molecule has 0 aliphatic heterocycles. The number of nitro benzene ring substituents is 1. The first-order chi connectivity index (χ1) is 8.49. The Labute approximate surface area is 104 Å². The third kappa shape index (κ3) is 2.98. The van der Waals surface area contributed by atoms with Gasteiger partial charge in [-0.3, -0.25) is 10.1 Å². The van der Waals surface area contributed by atoms with Crippen molar-refractivity contribution in [3.8, 4) is 18.1 Å². The van der Waals surface area contributed by atoms with Crippen LogP contribution in [0.2, 0.25) is 0 Å². The van der Waals surface area contributed by atoms with Gasteiger partial charge in [-0.25, -0.2) is 4.79 Å². The van der Waals surface area contributed by atoms with Gasteiger partial charge in [-0.2, -0.15) is 0 Å². The molecule has 1 unspecified atom stereocenters. The highest BCUT2D eigenvalue weighted by molar-refractivity contribution is 5.90. The molecule has 0 aliphatic rings. The molecule has 1 atom stereocenters. The molecule has 0 heterocycles. The number of hydrogen-bond donors (Lipinski definition) is 0. The second kappa shape index (κ2) is 5.68. The van der Waals surface area contributed by atoms with E-state index in [0.29, 0.717) is 0 Å². The third-order valence-electron chi connectivity index (χ3n) is 2.12. The summed E-state index contributed by atoms with van der Waals surface area (Å²) in [6.07, 6.45) is 4.49. The number of terminal acetylenes is 1. The van der Waals surface area contributed by atoms with Crippen LogP contribution in [0.3, 0.4) is 0 Å². The molecular formula is C12H11NO5. The van der Waals surface area contributed by atoms with Crippen LogP contribution in [-0.2, 0) is 4.74 Å². The maximum absolute atomic E-state index is 11.3. The van der Waals surface area contributed by atoms with Crippen LogP contribution >= 0.6 is 0 Å². The van der Waals surface area contributed by atoms with E-state index in [-0.39, 0.29) is 17.0 Å². The van der Waals surface area contributed by atoms with E-state index in [2.05, 4.69) is 10.7 Å². The molecule has 6 nitrogen and oxygen atoms in total. The predicted molar refractivity (Wildman–Crippen MR) is 63.4 cm³/mol. The standard InChI is InChI=1S/C12H11NO5/c1-4-8(2)18-11-7-9(12(14)17-3)5-6-10(11)13(15)16/h1,5-8H,2-3H3. The van der Waals surface area contributed by atoms with Gasteiger partial charge in [0.25, 0.3) is 0 Å². The number of nitro groups is 1. The lowest BCUT2D eigenvalue weighted by Gasteiger charge is -2.10. The number of ether oxygens (including phenoxy) is 2. The molecule has 94 valence electrons. The molecular weight excluding hydrogens is 238 g/mol. The van der Waals surface area contributed by atoms with Crippen molar-refractivity contribution in [2.24, 2.45) is 0 Å². The summed E-state index contributed by atoms with van der Waals surface area (Å²) < 4.78 is 9.72. The molecule has 0 bridgehead atoms. The third-order valence-corrected chi connectivity index (χ3v) is 2.12. The highest BCUT2D eigenvalue weighted by Gasteiger charge is 2.19. The van der Waals surface area contributed by atoms with Crippen LogP contribution in [0.1, 0.15) is 17.3 Å². The van der Waals surface area contributed by atoms with Crippen LogP contribution in [0.5, 0.6) is 5.75 Å². The van der Waals surface area contributed by atoms with Gasteiger partial charge in [-0.15, -0.1) is 6.42 Å². The summed E-state index contributed by atoms with van der Waals surface area (Å²) in [4.78, 5) is 21.5. The van der Waals surface area contributed by atoms with Crippen molar-refractivity contribution < 1.29 is 19.2 Å². The van der Waals surface area contributed by atoms with E-state index in [1.54, 1.807) is 6.92 Å². The molecule has 0 spiro atoms.